The van der Waals surface area contributed by atoms with Crippen molar-refractivity contribution in [1.29, 1.82) is 5.41 Å². The summed E-state index contributed by atoms with van der Waals surface area (Å²) < 4.78 is 10.3. The lowest BCUT2D eigenvalue weighted by Crippen LogP contribution is -2.32. The van der Waals surface area contributed by atoms with Crippen molar-refractivity contribution in [1.82, 2.24) is 5.32 Å². The van der Waals surface area contributed by atoms with Crippen LogP contribution in [0.2, 0.25) is 0 Å². The van der Waals surface area contributed by atoms with Crippen LogP contribution >= 0.6 is 0 Å². The molecule has 0 saturated carbocycles. The van der Waals surface area contributed by atoms with Crippen molar-refractivity contribution in [2.45, 2.75) is 26.4 Å². The Balaban J connectivity index is 2.27. The molecule has 5 heteroatoms. The van der Waals surface area contributed by atoms with E-state index in [9.17, 15) is 4.79 Å². The first-order valence-electron chi connectivity index (χ1n) is 6.10. The average Bonchev–Trinajstić information content (AvgIpc) is 2.34. The highest BCUT2D eigenvalue weighted by atomic mass is 16.6. The highest BCUT2D eigenvalue weighted by Crippen LogP contribution is 2.05. The lowest BCUT2D eigenvalue weighted by Gasteiger charge is -2.19. The molecule has 0 radical (unpaired) electrons. The quantitative estimate of drug-likeness (QED) is 0.498. The van der Waals surface area contributed by atoms with Gasteiger partial charge in [0.05, 0.1) is 12.2 Å². The molecular weight excluding hydrogens is 244 g/mol. The summed E-state index contributed by atoms with van der Waals surface area (Å²) in [6.45, 7) is 6.27. The first-order valence-corrected chi connectivity index (χ1v) is 6.10. The van der Waals surface area contributed by atoms with E-state index in [1.54, 1.807) is 24.3 Å². The largest absolute Gasteiger partial charge is 0.447 e. The van der Waals surface area contributed by atoms with Crippen LogP contribution < -0.4 is 5.32 Å². The highest BCUT2D eigenvalue weighted by molar-refractivity contribution is 6.04. The van der Waals surface area contributed by atoms with Crippen LogP contribution in [-0.2, 0) is 9.47 Å². The van der Waals surface area contributed by atoms with E-state index >= 15 is 0 Å². The van der Waals surface area contributed by atoms with Crippen LogP contribution in [0.5, 0.6) is 0 Å². The number of nitrogens with one attached hydrogen (secondary N) is 2. The normalized spacial score (nSPS) is 10.9. The lowest BCUT2D eigenvalue weighted by molar-refractivity contribution is -0.0226. The highest BCUT2D eigenvalue weighted by Gasteiger charge is 2.11. The van der Waals surface area contributed by atoms with Crippen molar-refractivity contribution in [2.24, 2.45) is 0 Å². The Hall–Kier alpha value is -1.88. The van der Waals surface area contributed by atoms with Gasteiger partial charge in [0.25, 0.3) is 0 Å². The van der Waals surface area contributed by atoms with Gasteiger partial charge in [-0.1, -0.05) is 30.3 Å². The molecule has 19 heavy (non-hydrogen) atoms. The fraction of sp³-hybridized carbons (Fsp3) is 0.429. The fourth-order valence-electron chi connectivity index (χ4n) is 1.30. The SMILES string of the molecule is CC(C)(C)OCCOC(=O)NC(=N)c1ccccc1. The van der Waals surface area contributed by atoms with E-state index in [2.05, 4.69) is 5.32 Å². The minimum Gasteiger partial charge on any atom is -0.447 e. The van der Waals surface area contributed by atoms with E-state index in [0.717, 1.165) is 0 Å². The van der Waals surface area contributed by atoms with Crippen LogP contribution in [0.4, 0.5) is 4.79 Å². The fourth-order valence-corrected chi connectivity index (χ4v) is 1.30. The molecule has 0 aliphatic carbocycles. The Kier molecular flexibility index (Phi) is 5.51. The van der Waals surface area contributed by atoms with Gasteiger partial charge in [-0.2, -0.15) is 0 Å². The van der Waals surface area contributed by atoms with Gasteiger partial charge in [-0.3, -0.25) is 10.7 Å². The van der Waals surface area contributed by atoms with Gasteiger partial charge in [-0.05, 0) is 20.8 Å². The van der Waals surface area contributed by atoms with Crippen molar-refractivity contribution in [2.75, 3.05) is 13.2 Å². The summed E-state index contributed by atoms with van der Waals surface area (Å²) in [5, 5.41) is 10.1. The number of amidine groups is 1. The third kappa shape index (κ3) is 6.57. The van der Waals surface area contributed by atoms with Gasteiger partial charge in [-0.25, -0.2) is 4.79 Å². The predicted octanol–water partition coefficient (Wildman–Crippen LogP) is 2.55. The van der Waals surface area contributed by atoms with Gasteiger partial charge in [0.2, 0.25) is 0 Å². The molecule has 2 N–H and O–H groups in total. The number of hydrogen-bond acceptors (Lipinski definition) is 4. The van der Waals surface area contributed by atoms with Crippen LogP contribution in [0.25, 0.3) is 0 Å². The number of amides is 1. The maximum atomic E-state index is 11.4. The number of hydrogen-bond donors (Lipinski definition) is 2. The molecule has 0 aliphatic heterocycles. The van der Waals surface area contributed by atoms with Gasteiger partial charge in [0, 0.05) is 5.56 Å². The summed E-state index contributed by atoms with van der Waals surface area (Å²) in [7, 11) is 0. The summed E-state index contributed by atoms with van der Waals surface area (Å²) in [4.78, 5) is 11.4. The molecule has 0 bridgehead atoms. The van der Waals surface area contributed by atoms with E-state index in [4.69, 9.17) is 14.9 Å². The number of benzene rings is 1. The molecule has 1 aromatic rings. The minimum atomic E-state index is -0.647. The second kappa shape index (κ2) is 6.89. The molecule has 1 rings (SSSR count). The van der Waals surface area contributed by atoms with Crippen molar-refractivity contribution in [3.63, 3.8) is 0 Å². The van der Waals surface area contributed by atoms with Crippen molar-refractivity contribution in [3.8, 4) is 0 Å². The molecule has 0 spiro atoms. The average molecular weight is 264 g/mol. The molecule has 0 fully saturated rings. The van der Waals surface area contributed by atoms with Gasteiger partial charge in [-0.15, -0.1) is 0 Å². The minimum absolute atomic E-state index is 0.0161. The Morgan fingerprint density at radius 3 is 2.42 bits per heavy atom. The third-order valence-electron chi connectivity index (χ3n) is 2.14. The number of ether oxygens (including phenoxy) is 2. The van der Waals surface area contributed by atoms with Crippen LogP contribution in [0.1, 0.15) is 26.3 Å². The number of carbonyl (C=O) groups excluding carboxylic acids is 1. The summed E-state index contributed by atoms with van der Waals surface area (Å²) in [6.07, 6.45) is -0.647. The molecule has 0 aromatic heterocycles. The number of alkyl carbamates (subject to hydrolysis) is 1. The Bertz CT molecular complexity index is 424. The van der Waals surface area contributed by atoms with Gasteiger partial charge in [0.1, 0.15) is 12.4 Å². The van der Waals surface area contributed by atoms with Crippen molar-refractivity contribution < 1.29 is 14.3 Å². The van der Waals surface area contributed by atoms with E-state index in [1.807, 2.05) is 26.8 Å². The Labute approximate surface area is 113 Å². The van der Waals surface area contributed by atoms with E-state index in [0.29, 0.717) is 12.2 Å². The van der Waals surface area contributed by atoms with E-state index < -0.39 is 6.09 Å². The van der Waals surface area contributed by atoms with Crippen LogP contribution in [0.3, 0.4) is 0 Å². The van der Waals surface area contributed by atoms with Crippen molar-refractivity contribution in [3.05, 3.63) is 35.9 Å². The van der Waals surface area contributed by atoms with E-state index in [1.165, 1.54) is 0 Å². The zero-order valence-corrected chi connectivity index (χ0v) is 11.5. The molecule has 0 heterocycles. The summed E-state index contributed by atoms with van der Waals surface area (Å²) in [6, 6.07) is 8.93. The Morgan fingerprint density at radius 2 is 1.84 bits per heavy atom. The molecule has 0 unspecified atom stereocenters. The standard InChI is InChI=1S/C14H20N2O3/c1-14(2,3)19-10-9-18-13(17)16-12(15)11-7-5-4-6-8-11/h4-8H,9-10H2,1-3H3,(H2,15,16,17). The first-order chi connectivity index (χ1) is 8.88. The predicted molar refractivity (Wildman–Crippen MR) is 73.5 cm³/mol. The van der Waals surface area contributed by atoms with Crippen molar-refractivity contribution >= 4 is 11.9 Å². The molecule has 5 nitrogen and oxygen atoms in total. The topological polar surface area (TPSA) is 71.4 Å². The van der Waals surface area contributed by atoms with Crippen LogP contribution in [0.15, 0.2) is 30.3 Å². The van der Waals surface area contributed by atoms with Crippen LogP contribution in [-0.4, -0.2) is 30.7 Å². The first kappa shape index (κ1) is 15.2. The smallest absolute Gasteiger partial charge is 0.412 e. The van der Waals surface area contributed by atoms with Gasteiger partial charge >= 0.3 is 6.09 Å². The monoisotopic (exact) mass is 264 g/mol. The molecule has 104 valence electrons. The van der Waals surface area contributed by atoms with Gasteiger partial charge in [0.15, 0.2) is 0 Å². The molecule has 0 saturated heterocycles. The Morgan fingerprint density at radius 1 is 1.21 bits per heavy atom. The zero-order chi connectivity index (χ0) is 14.3. The summed E-state index contributed by atoms with van der Waals surface area (Å²) in [5.74, 6) is 0.0161. The lowest BCUT2D eigenvalue weighted by atomic mass is 10.2. The molecular formula is C14H20N2O3. The molecule has 0 aliphatic rings. The second-order valence-electron chi connectivity index (χ2n) is 4.96. The maximum Gasteiger partial charge on any atom is 0.412 e. The number of rotatable bonds is 4. The zero-order valence-electron chi connectivity index (χ0n) is 11.5. The van der Waals surface area contributed by atoms with Crippen LogP contribution in [0, 0.1) is 5.41 Å². The molecule has 0 atom stereocenters. The van der Waals surface area contributed by atoms with E-state index in [-0.39, 0.29) is 18.0 Å². The number of carbonyl (C=O) groups is 1. The van der Waals surface area contributed by atoms with Gasteiger partial charge < -0.3 is 9.47 Å². The summed E-state index contributed by atoms with van der Waals surface area (Å²) >= 11 is 0. The summed E-state index contributed by atoms with van der Waals surface area (Å²) in [5.41, 5.74) is 0.377. The maximum absolute atomic E-state index is 11.4. The third-order valence-corrected chi connectivity index (χ3v) is 2.14. The molecule has 1 aromatic carbocycles. The molecule has 1 amide bonds. The second-order valence-corrected chi connectivity index (χ2v) is 4.96.